The largest absolute Gasteiger partial charge is 0.480 e. The fourth-order valence-electron chi connectivity index (χ4n) is 2.00. The Bertz CT molecular complexity index is 687. The van der Waals surface area contributed by atoms with Gasteiger partial charge in [-0.15, -0.1) is 0 Å². The summed E-state index contributed by atoms with van der Waals surface area (Å²) < 4.78 is 5.08. The number of aromatic nitrogens is 2. The van der Waals surface area contributed by atoms with Gasteiger partial charge in [-0.3, -0.25) is 5.10 Å². The van der Waals surface area contributed by atoms with Crippen molar-refractivity contribution in [2.24, 2.45) is 0 Å². The summed E-state index contributed by atoms with van der Waals surface area (Å²) in [6, 6.07) is 4.41. The van der Waals surface area contributed by atoms with Crippen molar-refractivity contribution in [3.8, 4) is 0 Å². The molecule has 0 spiro atoms. The van der Waals surface area contributed by atoms with Crippen LogP contribution in [0.3, 0.4) is 0 Å². The first-order valence-corrected chi connectivity index (χ1v) is 6.89. The van der Waals surface area contributed by atoms with E-state index in [9.17, 15) is 14.7 Å². The lowest BCUT2D eigenvalue weighted by Crippen LogP contribution is -2.44. The minimum atomic E-state index is -1.12. The van der Waals surface area contributed by atoms with Gasteiger partial charge in [0, 0.05) is 11.8 Å². The van der Waals surface area contributed by atoms with E-state index in [1.54, 1.807) is 27.0 Å². The molecular formula is C15H19N3O4. The molecule has 0 aliphatic rings. The molecule has 0 aliphatic heterocycles. The number of carbonyl (C=O) groups is 2. The van der Waals surface area contributed by atoms with E-state index in [-0.39, 0.29) is 6.42 Å². The van der Waals surface area contributed by atoms with Crippen LogP contribution in [0.15, 0.2) is 24.4 Å². The molecule has 2 rings (SSSR count). The number of alkyl carbamates (subject to hydrolysis) is 1. The van der Waals surface area contributed by atoms with E-state index in [1.165, 1.54) is 0 Å². The number of carboxylic acids is 1. The molecule has 0 fully saturated rings. The van der Waals surface area contributed by atoms with E-state index in [4.69, 9.17) is 4.74 Å². The third kappa shape index (κ3) is 4.21. The van der Waals surface area contributed by atoms with Gasteiger partial charge in [-0.05, 0) is 32.4 Å². The fraction of sp³-hybridized carbons (Fsp3) is 0.400. The molecule has 7 nitrogen and oxygen atoms in total. The van der Waals surface area contributed by atoms with Crippen molar-refractivity contribution in [2.45, 2.75) is 38.8 Å². The van der Waals surface area contributed by atoms with Crippen LogP contribution >= 0.6 is 0 Å². The van der Waals surface area contributed by atoms with Crippen molar-refractivity contribution in [1.29, 1.82) is 0 Å². The summed E-state index contributed by atoms with van der Waals surface area (Å²) in [5, 5.41) is 19.3. The predicted molar refractivity (Wildman–Crippen MR) is 80.6 cm³/mol. The van der Waals surface area contributed by atoms with Crippen LogP contribution in [-0.4, -0.2) is 39.0 Å². The number of nitrogens with zero attached hydrogens (tertiary/aromatic N) is 1. The van der Waals surface area contributed by atoms with Crippen molar-refractivity contribution < 1.29 is 19.4 Å². The highest BCUT2D eigenvalue weighted by Gasteiger charge is 2.24. The zero-order valence-electron chi connectivity index (χ0n) is 12.7. The summed E-state index contributed by atoms with van der Waals surface area (Å²) in [5.41, 5.74) is 0.918. The minimum absolute atomic E-state index is 0.156. The van der Waals surface area contributed by atoms with Crippen LogP contribution in [0.25, 0.3) is 10.9 Å². The summed E-state index contributed by atoms with van der Waals surface area (Å²) in [6.45, 7) is 5.15. The molecule has 1 atom stereocenters. The molecule has 3 N–H and O–H groups in total. The van der Waals surface area contributed by atoms with Gasteiger partial charge in [0.05, 0.1) is 11.7 Å². The van der Waals surface area contributed by atoms with Gasteiger partial charge in [-0.25, -0.2) is 9.59 Å². The van der Waals surface area contributed by atoms with Gasteiger partial charge in [-0.1, -0.05) is 12.1 Å². The fourth-order valence-corrected chi connectivity index (χ4v) is 2.00. The Morgan fingerprint density at radius 1 is 1.41 bits per heavy atom. The van der Waals surface area contributed by atoms with Gasteiger partial charge < -0.3 is 15.2 Å². The van der Waals surface area contributed by atoms with Crippen molar-refractivity contribution >= 4 is 23.0 Å². The number of benzene rings is 1. The van der Waals surface area contributed by atoms with Crippen molar-refractivity contribution in [1.82, 2.24) is 15.5 Å². The molecule has 1 aromatic heterocycles. The Morgan fingerprint density at radius 3 is 2.77 bits per heavy atom. The molecule has 7 heteroatoms. The lowest BCUT2D eigenvalue weighted by molar-refractivity contribution is -0.139. The second-order valence-electron chi connectivity index (χ2n) is 6.03. The van der Waals surface area contributed by atoms with Gasteiger partial charge in [0.1, 0.15) is 11.6 Å². The van der Waals surface area contributed by atoms with Gasteiger partial charge in [-0.2, -0.15) is 5.10 Å². The maximum Gasteiger partial charge on any atom is 0.408 e. The van der Waals surface area contributed by atoms with Gasteiger partial charge >= 0.3 is 12.1 Å². The van der Waals surface area contributed by atoms with E-state index in [0.29, 0.717) is 0 Å². The first kappa shape index (κ1) is 15.8. The smallest absolute Gasteiger partial charge is 0.408 e. The van der Waals surface area contributed by atoms with E-state index in [1.807, 2.05) is 18.2 Å². The molecule has 1 heterocycles. The van der Waals surface area contributed by atoms with Crippen molar-refractivity contribution in [3.05, 3.63) is 30.0 Å². The number of fused-ring (bicyclic) bond motifs is 1. The highest BCUT2D eigenvalue weighted by Crippen LogP contribution is 2.14. The lowest BCUT2D eigenvalue weighted by Gasteiger charge is -2.22. The molecular weight excluding hydrogens is 286 g/mol. The molecule has 1 amide bonds. The molecule has 2 aromatic rings. The number of nitrogens with one attached hydrogen (secondary N) is 2. The number of hydrogen-bond donors (Lipinski definition) is 3. The third-order valence-corrected chi connectivity index (χ3v) is 2.94. The molecule has 22 heavy (non-hydrogen) atoms. The van der Waals surface area contributed by atoms with E-state index >= 15 is 0 Å². The molecule has 0 aliphatic carbocycles. The van der Waals surface area contributed by atoms with E-state index in [0.717, 1.165) is 16.5 Å². The molecule has 0 saturated carbocycles. The number of ether oxygens (including phenoxy) is 1. The summed E-state index contributed by atoms with van der Waals surface area (Å²) >= 11 is 0. The molecule has 1 aromatic carbocycles. The number of H-pyrrole nitrogens is 1. The molecule has 118 valence electrons. The number of carboxylic acid groups (broad SMARTS) is 1. The van der Waals surface area contributed by atoms with Gasteiger partial charge in [0.25, 0.3) is 0 Å². The topological polar surface area (TPSA) is 104 Å². The van der Waals surface area contributed by atoms with Crippen molar-refractivity contribution in [2.75, 3.05) is 0 Å². The Labute approximate surface area is 127 Å². The van der Waals surface area contributed by atoms with E-state index < -0.39 is 23.7 Å². The number of rotatable bonds is 4. The van der Waals surface area contributed by atoms with Crippen molar-refractivity contribution in [3.63, 3.8) is 0 Å². The predicted octanol–water partition coefficient (Wildman–Crippen LogP) is 2.08. The average molecular weight is 305 g/mol. The van der Waals surface area contributed by atoms with Crippen LogP contribution in [0.2, 0.25) is 0 Å². The Balaban J connectivity index is 2.08. The highest BCUT2D eigenvalue weighted by atomic mass is 16.6. The minimum Gasteiger partial charge on any atom is -0.480 e. The summed E-state index contributed by atoms with van der Waals surface area (Å²) in [5.74, 6) is -1.12. The molecule has 1 unspecified atom stereocenters. The first-order chi connectivity index (χ1) is 10.2. The average Bonchev–Trinajstić information content (AvgIpc) is 2.82. The number of carbonyl (C=O) groups excluding carboxylic acids is 1. The van der Waals surface area contributed by atoms with Gasteiger partial charge in [0.2, 0.25) is 0 Å². The summed E-state index contributed by atoms with van der Waals surface area (Å²) in [6.07, 6.45) is 1.10. The van der Waals surface area contributed by atoms with Crippen LogP contribution in [-0.2, 0) is 16.0 Å². The standard InChI is InChI=1S/C15H19N3O4/c1-15(2,3)22-14(21)17-12(13(19)20)7-9-4-5-10-8-16-18-11(10)6-9/h4-6,8,12H,7H2,1-3H3,(H,16,18)(H,17,21)(H,19,20). The Morgan fingerprint density at radius 2 is 2.14 bits per heavy atom. The summed E-state index contributed by atoms with van der Waals surface area (Å²) in [7, 11) is 0. The molecule has 0 bridgehead atoms. The van der Waals surface area contributed by atoms with Gasteiger partial charge in [0.15, 0.2) is 0 Å². The monoisotopic (exact) mass is 305 g/mol. The Kier molecular flexibility index (Phi) is 4.35. The number of hydrogen-bond acceptors (Lipinski definition) is 4. The van der Waals surface area contributed by atoms with Crippen LogP contribution in [0, 0.1) is 0 Å². The quantitative estimate of drug-likeness (QED) is 0.802. The lowest BCUT2D eigenvalue weighted by atomic mass is 10.0. The zero-order chi connectivity index (χ0) is 16.3. The summed E-state index contributed by atoms with van der Waals surface area (Å²) in [4.78, 5) is 23.1. The van der Waals surface area contributed by atoms with Crippen LogP contribution in [0.1, 0.15) is 26.3 Å². The second kappa shape index (κ2) is 6.05. The number of amides is 1. The molecule has 0 saturated heterocycles. The maximum atomic E-state index is 11.7. The van der Waals surface area contributed by atoms with Crippen LogP contribution in [0.5, 0.6) is 0 Å². The third-order valence-electron chi connectivity index (χ3n) is 2.94. The number of aliphatic carboxylic acids is 1. The SMILES string of the molecule is CC(C)(C)OC(=O)NC(Cc1ccc2cn[nH]c2c1)C(=O)O. The first-order valence-electron chi connectivity index (χ1n) is 6.89. The number of aromatic amines is 1. The van der Waals surface area contributed by atoms with Crippen LogP contribution < -0.4 is 5.32 Å². The maximum absolute atomic E-state index is 11.7. The van der Waals surface area contributed by atoms with Crippen LogP contribution in [0.4, 0.5) is 4.79 Å². The highest BCUT2D eigenvalue weighted by molar-refractivity contribution is 5.81. The Hall–Kier alpha value is -2.57. The second-order valence-corrected chi connectivity index (χ2v) is 6.03. The normalized spacial score (nSPS) is 12.9. The molecule has 0 radical (unpaired) electrons. The van der Waals surface area contributed by atoms with E-state index in [2.05, 4.69) is 15.5 Å². The zero-order valence-corrected chi connectivity index (χ0v) is 12.7.